The predicted octanol–water partition coefficient (Wildman–Crippen LogP) is 2.80. The van der Waals surface area contributed by atoms with Crippen molar-refractivity contribution in [3.05, 3.63) is 48.7 Å². The summed E-state index contributed by atoms with van der Waals surface area (Å²) in [5.41, 5.74) is 2.10. The van der Waals surface area contributed by atoms with Gasteiger partial charge in [0.1, 0.15) is 0 Å². The Labute approximate surface area is 75.2 Å². The molecule has 0 rings (SSSR count). The lowest BCUT2D eigenvalue weighted by Crippen LogP contribution is -2.12. The van der Waals surface area contributed by atoms with Crippen LogP contribution in [0.1, 0.15) is 13.8 Å². The van der Waals surface area contributed by atoms with Crippen LogP contribution in [0.25, 0.3) is 0 Å². The molecule has 0 aliphatic heterocycles. The lowest BCUT2D eigenvalue weighted by Gasteiger charge is -2.06. The highest BCUT2D eigenvalue weighted by atomic mass is 14.9. The Kier molecular flexibility index (Phi) is 5.80. The van der Waals surface area contributed by atoms with Gasteiger partial charge in [-0.1, -0.05) is 30.9 Å². The molecule has 0 heterocycles. The van der Waals surface area contributed by atoms with Gasteiger partial charge in [-0.15, -0.1) is 6.58 Å². The summed E-state index contributed by atoms with van der Waals surface area (Å²) in [6, 6.07) is 0. The van der Waals surface area contributed by atoms with Gasteiger partial charge in [-0.05, 0) is 19.4 Å². The largest absolute Gasteiger partial charge is 0.382 e. The fourth-order valence-electron chi connectivity index (χ4n) is 0.676. The van der Waals surface area contributed by atoms with Crippen LogP contribution in [-0.2, 0) is 0 Å². The predicted molar refractivity (Wildman–Crippen MR) is 55.9 cm³/mol. The third-order valence-corrected chi connectivity index (χ3v) is 1.47. The van der Waals surface area contributed by atoms with Crippen LogP contribution in [0, 0.1) is 0 Å². The summed E-state index contributed by atoms with van der Waals surface area (Å²) in [4.78, 5) is 0. The second-order valence-corrected chi connectivity index (χ2v) is 2.52. The summed E-state index contributed by atoms with van der Waals surface area (Å²) < 4.78 is 0. The van der Waals surface area contributed by atoms with E-state index >= 15 is 0 Å². The first-order valence-electron chi connectivity index (χ1n) is 4.06. The number of allylic oxidation sites excluding steroid dienone is 4. The SMILES string of the molecule is C=CCNC(=C)/C(C)=C/C=C\C. The second kappa shape index (κ2) is 6.47. The fourth-order valence-corrected chi connectivity index (χ4v) is 0.676. The van der Waals surface area contributed by atoms with Crippen LogP contribution in [0.4, 0.5) is 0 Å². The summed E-state index contributed by atoms with van der Waals surface area (Å²) in [5.74, 6) is 0. The van der Waals surface area contributed by atoms with Gasteiger partial charge in [0.2, 0.25) is 0 Å². The van der Waals surface area contributed by atoms with Crippen molar-refractivity contribution < 1.29 is 0 Å². The zero-order chi connectivity index (χ0) is 9.40. The first-order valence-corrected chi connectivity index (χ1v) is 4.06. The van der Waals surface area contributed by atoms with Crippen molar-refractivity contribution in [2.45, 2.75) is 13.8 Å². The van der Waals surface area contributed by atoms with E-state index in [-0.39, 0.29) is 0 Å². The molecule has 0 spiro atoms. The van der Waals surface area contributed by atoms with E-state index in [1.807, 2.05) is 38.2 Å². The summed E-state index contributed by atoms with van der Waals surface area (Å²) in [7, 11) is 0. The minimum absolute atomic E-state index is 0.764. The molecule has 0 saturated heterocycles. The molecule has 1 heteroatoms. The van der Waals surface area contributed by atoms with Crippen molar-refractivity contribution in [2.24, 2.45) is 0 Å². The third-order valence-electron chi connectivity index (χ3n) is 1.47. The Bertz CT molecular complexity index is 209. The Morgan fingerprint density at radius 2 is 2.17 bits per heavy atom. The van der Waals surface area contributed by atoms with Crippen LogP contribution in [0.15, 0.2) is 48.7 Å². The molecule has 0 saturated carbocycles. The zero-order valence-corrected chi connectivity index (χ0v) is 7.93. The topological polar surface area (TPSA) is 12.0 Å². The summed E-state index contributed by atoms with van der Waals surface area (Å²) in [6.07, 6.45) is 7.83. The molecule has 0 aromatic carbocycles. The molecule has 0 atom stereocenters. The average Bonchev–Trinajstić information content (AvgIpc) is 2.10. The summed E-state index contributed by atoms with van der Waals surface area (Å²) >= 11 is 0. The van der Waals surface area contributed by atoms with Gasteiger partial charge in [0.15, 0.2) is 0 Å². The quantitative estimate of drug-likeness (QED) is 0.485. The van der Waals surface area contributed by atoms with E-state index in [1.54, 1.807) is 0 Å². The van der Waals surface area contributed by atoms with Gasteiger partial charge in [-0.25, -0.2) is 0 Å². The monoisotopic (exact) mass is 163 g/mol. The van der Waals surface area contributed by atoms with Crippen LogP contribution in [0.2, 0.25) is 0 Å². The molecular formula is C11H17N. The van der Waals surface area contributed by atoms with Gasteiger partial charge in [0.25, 0.3) is 0 Å². The van der Waals surface area contributed by atoms with Crippen molar-refractivity contribution in [3.8, 4) is 0 Å². The van der Waals surface area contributed by atoms with Crippen molar-refractivity contribution >= 4 is 0 Å². The van der Waals surface area contributed by atoms with Crippen LogP contribution in [-0.4, -0.2) is 6.54 Å². The van der Waals surface area contributed by atoms with E-state index in [1.165, 1.54) is 0 Å². The Hall–Kier alpha value is -1.24. The van der Waals surface area contributed by atoms with E-state index in [2.05, 4.69) is 18.5 Å². The highest BCUT2D eigenvalue weighted by molar-refractivity contribution is 5.28. The molecule has 0 aromatic rings. The van der Waals surface area contributed by atoms with E-state index in [0.29, 0.717) is 0 Å². The molecular weight excluding hydrogens is 146 g/mol. The Balaban J connectivity index is 4.00. The van der Waals surface area contributed by atoms with Gasteiger partial charge in [0, 0.05) is 12.2 Å². The first kappa shape index (κ1) is 10.8. The normalized spacial score (nSPS) is 11.7. The standard InChI is InChI=1S/C11H17N/c1-5-7-8-10(3)11(4)12-9-6-2/h5-8,12H,2,4,9H2,1,3H3/b7-5-,10-8+. The second-order valence-electron chi connectivity index (χ2n) is 2.52. The number of rotatable bonds is 5. The molecule has 0 aromatic heterocycles. The molecule has 0 fully saturated rings. The number of hydrogen-bond donors (Lipinski definition) is 1. The zero-order valence-electron chi connectivity index (χ0n) is 7.93. The molecule has 0 aliphatic rings. The van der Waals surface area contributed by atoms with Crippen LogP contribution in [0.3, 0.4) is 0 Å². The fraction of sp³-hybridized carbons (Fsp3) is 0.273. The highest BCUT2D eigenvalue weighted by Gasteiger charge is 1.91. The smallest absolute Gasteiger partial charge is 0.0328 e. The molecule has 0 bridgehead atoms. The molecule has 12 heavy (non-hydrogen) atoms. The van der Waals surface area contributed by atoms with Crippen LogP contribution in [0.5, 0.6) is 0 Å². The maximum atomic E-state index is 3.88. The maximum Gasteiger partial charge on any atom is 0.0328 e. The van der Waals surface area contributed by atoms with Gasteiger partial charge < -0.3 is 5.32 Å². The number of hydrogen-bond acceptors (Lipinski definition) is 1. The molecule has 0 unspecified atom stereocenters. The summed E-state index contributed by atoms with van der Waals surface area (Å²) in [5, 5.41) is 3.13. The van der Waals surface area contributed by atoms with E-state index in [4.69, 9.17) is 0 Å². The Morgan fingerprint density at radius 1 is 1.50 bits per heavy atom. The van der Waals surface area contributed by atoms with Gasteiger partial charge in [-0.2, -0.15) is 0 Å². The summed E-state index contributed by atoms with van der Waals surface area (Å²) in [6.45, 7) is 12.3. The molecule has 66 valence electrons. The first-order chi connectivity index (χ1) is 5.72. The Morgan fingerprint density at radius 3 is 2.67 bits per heavy atom. The third kappa shape index (κ3) is 4.56. The van der Waals surface area contributed by atoms with E-state index < -0.39 is 0 Å². The highest BCUT2D eigenvalue weighted by Crippen LogP contribution is 2.02. The number of nitrogens with one attached hydrogen (secondary N) is 1. The van der Waals surface area contributed by atoms with E-state index in [0.717, 1.165) is 17.8 Å². The van der Waals surface area contributed by atoms with Crippen LogP contribution >= 0.6 is 0 Å². The van der Waals surface area contributed by atoms with Crippen molar-refractivity contribution in [1.29, 1.82) is 0 Å². The van der Waals surface area contributed by atoms with Gasteiger partial charge in [0.05, 0.1) is 0 Å². The minimum atomic E-state index is 0.764. The minimum Gasteiger partial charge on any atom is -0.382 e. The molecule has 0 radical (unpaired) electrons. The van der Waals surface area contributed by atoms with Crippen molar-refractivity contribution in [3.63, 3.8) is 0 Å². The van der Waals surface area contributed by atoms with Crippen molar-refractivity contribution in [1.82, 2.24) is 5.32 Å². The average molecular weight is 163 g/mol. The molecule has 1 nitrogen and oxygen atoms in total. The van der Waals surface area contributed by atoms with E-state index in [9.17, 15) is 0 Å². The lowest BCUT2D eigenvalue weighted by molar-refractivity contribution is 0.920. The lowest BCUT2D eigenvalue weighted by atomic mass is 10.2. The maximum absolute atomic E-state index is 3.88. The van der Waals surface area contributed by atoms with Crippen molar-refractivity contribution in [2.75, 3.05) is 6.54 Å². The molecule has 0 aliphatic carbocycles. The van der Waals surface area contributed by atoms with Gasteiger partial charge in [-0.3, -0.25) is 0 Å². The molecule has 1 N–H and O–H groups in total. The molecule has 0 amide bonds. The van der Waals surface area contributed by atoms with Crippen LogP contribution < -0.4 is 5.32 Å². The van der Waals surface area contributed by atoms with Gasteiger partial charge >= 0.3 is 0 Å².